The van der Waals surface area contributed by atoms with E-state index >= 15 is 0 Å². The lowest BCUT2D eigenvalue weighted by Gasteiger charge is -2.12. The van der Waals surface area contributed by atoms with Crippen LogP contribution in [-0.4, -0.2) is 39.2 Å². The Balaban J connectivity index is 1.77. The number of nitrogens with one attached hydrogen (secondary N) is 1. The van der Waals surface area contributed by atoms with E-state index in [1.807, 2.05) is 0 Å². The third-order valence-electron chi connectivity index (χ3n) is 4.59. The molecule has 0 aromatic heterocycles. The molecule has 0 aliphatic heterocycles. The van der Waals surface area contributed by atoms with Crippen LogP contribution in [0.5, 0.6) is 17.2 Å². The van der Waals surface area contributed by atoms with Crippen molar-refractivity contribution >= 4 is 43.9 Å². The first-order valence-corrected chi connectivity index (χ1v) is 12.5. The second kappa shape index (κ2) is 11.6. The molecule has 3 rings (SSSR count). The van der Waals surface area contributed by atoms with Crippen LogP contribution in [0, 0.1) is 10.1 Å². The molecule has 0 unspecified atom stereocenters. The first-order valence-electron chi connectivity index (χ1n) is 10.3. The summed E-state index contributed by atoms with van der Waals surface area (Å²) in [7, 11) is -2.84. The maximum Gasteiger partial charge on any atom is 0.339 e. The zero-order chi connectivity index (χ0) is 26.3. The van der Waals surface area contributed by atoms with Crippen LogP contribution in [0.25, 0.3) is 0 Å². The summed E-state index contributed by atoms with van der Waals surface area (Å²) < 4.78 is 41.9. The van der Waals surface area contributed by atoms with Crippen molar-refractivity contribution in [3.63, 3.8) is 0 Å². The number of hydrogen-bond acceptors (Lipinski definition) is 9. The predicted octanol–water partition coefficient (Wildman–Crippen LogP) is 4.30. The topological polar surface area (TPSA) is 146 Å². The molecule has 13 heteroatoms. The van der Waals surface area contributed by atoms with E-state index in [9.17, 15) is 23.3 Å². The molecule has 36 heavy (non-hydrogen) atoms. The smallest absolute Gasteiger partial charge is 0.339 e. The van der Waals surface area contributed by atoms with Gasteiger partial charge in [0.25, 0.3) is 11.6 Å². The first-order chi connectivity index (χ1) is 17.1. The van der Waals surface area contributed by atoms with Gasteiger partial charge in [0, 0.05) is 16.6 Å². The molecular formula is C23H20BrN3O8S. The van der Waals surface area contributed by atoms with Crippen molar-refractivity contribution in [2.24, 2.45) is 5.10 Å². The third kappa shape index (κ3) is 6.58. The second-order valence-electron chi connectivity index (χ2n) is 6.97. The lowest BCUT2D eigenvalue weighted by Crippen LogP contribution is -2.18. The number of hydrazone groups is 1. The van der Waals surface area contributed by atoms with Crippen LogP contribution in [0.4, 0.5) is 5.69 Å². The summed E-state index contributed by atoms with van der Waals surface area (Å²) in [6.45, 7) is 1.93. The number of amides is 1. The van der Waals surface area contributed by atoms with Gasteiger partial charge in [-0.15, -0.1) is 0 Å². The van der Waals surface area contributed by atoms with Gasteiger partial charge in [0.2, 0.25) is 0 Å². The van der Waals surface area contributed by atoms with E-state index in [1.165, 1.54) is 31.5 Å². The number of methoxy groups -OCH3 is 1. The van der Waals surface area contributed by atoms with E-state index in [2.05, 4.69) is 26.5 Å². The molecule has 0 saturated heterocycles. The van der Waals surface area contributed by atoms with E-state index in [0.717, 1.165) is 24.3 Å². The van der Waals surface area contributed by atoms with Crippen LogP contribution < -0.4 is 19.1 Å². The number of nitro groups is 1. The minimum atomic E-state index is -4.29. The molecule has 11 nitrogen and oxygen atoms in total. The molecule has 0 saturated carbocycles. The van der Waals surface area contributed by atoms with Gasteiger partial charge in [0.05, 0.1) is 30.4 Å². The summed E-state index contributed by atoms with van der Waals surface area (Å²) in [4.78, 5) is 22.4. The fourth-order valence-corrected chi connectivity index (χ4v) is 4.23. The number of halogens is 1. The number of carbonyl (C=O) groups is 1. The summed E-state index contributed by atoms with van der Waals surface area (Å²) in [5, 5.41) is 14.7. The first kappa shape index (κ1) is 26.6. The molecule has 0 bridgehead atoms. The Morgan fingerprint density at radius 1 is 1.08 bits per heavy atom. The molecule has 1 amide bonds. The monoisotopic (exact) mass is 577 g/mol. The van der Waals surface area contributed by atoms with Crippen LogP contribution in [0.15, 0.2) is 75.1 Å². The van der Waals surface area contributed by atoms with Crippen molar-refractivity contribution in [1.82, 2.24) is 5.43 Å². The standard InChI is InChI=1S/C23H20BrN3O8S/c1-3-34-22-12-15(14-25-26-23(28)19-13-16(24)5-11-20(19)33-2)4-10-21(22)35-36(31,32)18-8-6-17(7-9-18)27(29)30/h4-14H,3H2,1-2H3,(H,26,28)/b25-14-. The van der Waals surface area contributed by atoms with E-state index in [1.54, 1.807) is 25.1 Å². The van der Waals surface area contributed by atoms with Gasteiger partial charge < -0.3 is 13.7 Å². The number of hydrogen-bond donors (Lipinski definition) is 1. The molecular weight excluding hydrogens is 558 g/mol. The number of rotatable bonds is 10. The number of ether oxygens (including phenoxy) is 2. The fraction of sp³-hybridized carbons (Fsp3) is 0.130. The summed E-state index contributed by atoms with van der Waals surface area (Å²) in [6, 6.07) is 13.6. The van der Waals surface area contributed by atoms with Crippen LogP contribution in [0.2, 0.25) is 0 Å². The average Bonchev–Trinajstić information content (AvgIpc) is 2.85. The number of nitrogens with zero attached hydrogens (tertiary/aromatic N) is 2. The normalized spacial score (nSPS) is 11.2. The SMILES string of the molecule is CCOc1cc(/C=N\NC(=O)c2cc(Br)ccc2OC)ccc1OS(=O)(=O)c1ccc([N+](=O)[O-])cc1. The molecule has 0 spiro atoms. The van der Waals surface area contributed by atoms with Gasteiger partial charge in [0.15, 0.2) is 11.5 Å². The fourth-order valence-electron chi connectivity index (χ4n) is 2.93. The molecule has 1 N–H and O–H groups in total. The predicted molar refractivity (Wildman–Crippen MR) is 134 cm³/mol. The van der Waals surface area contributed by atoms with Gasteiger partial charge in [-0.2, -0.15) is 13.5 Å². The average molecular weight is 578 g/mol. The maximum atomic E-state index is 12.6. The highest BCUT2D eigenvalue weighted by molar-refractivity contribution is 9.10. The molecule has 0 radical (unpaired) electrons. The summed E-state index contributed by atoms with van der Waals surface area (Å²) in [5.74, 6) is -0.0916. The van der Waals surface area contributed by atoms with Crippen LogP contribution in [0.1, 0.15) is 22.8 Å². The van der Waals surface area contributed by atoms with Crippen molar-refractivity contribution in [3.8, 4) is 17.2 Å². The molecule has 0 aliphatic carbocycles. The van der Waals surface area contributed by atoms with Gasteiger partial charge >= 0.3 is 10.1 Å². The number of nitro benzene ring substituents is 1. The zero-order valence-corrected chi connectivity index (χ0v) is 21.4. The molecule has 0 atom stereocenters. The Morgan fingerprint density at radius 2 is 1.78 bits per heavy atom. The summed E-state index contributed by atoms with van der Waals surface area (Å²) >= 11 is 3.30. The minimum absolute atomic E-state index is 0.0877. The Bertz CT molecular complexity index is 1410. The van der Waals surface area contributed by atoms with E-state index < -0.39 is 20.9 Å². The molecule has 0 fully saturated rings. The number of non-ortho nitro benzene ring substituents is 1. The summed E-state index contributed by atoms with van der Waals surface area (Å²) in [6.07, 6.45) is 1.35. The Morgan fingerprint density at radius 3 is 2.42 bits per heavy atom. The largest absolute Gasteiger partial charge is 0.496 e. The Labute approximate surface area is 215 Å². The highest BCUT2D eigenvalue weighted by Gasteiger charge is 2.21. The molecule has 3 aromatic rings. The lowest BCUT2D eigenvalue weighted by atomic mass is 10.2. The van der Waals surface area contributed by atoms with Crippen LogP contribution in [-0.2, 0) is 10.1 Å². The maximum absolute atomic E-state index is 12.6. The van der Waals surface area contributed by atoms with Crippen LogP contribution in [0.3, 0.4) is 0 Å². The highest BCUT2D eigenvalue weighted by atomic mass is 79.9. The van der Waals surface area contributed by atoms with Crippen molar-refractivity contribution < 1.29 is 31.8 Å². The zero-order valence-electron chi connectivity index (χ0n) is 19.0. The number of benzene rings is 3. The second-order valence-corrected chi connectivity index (χ2v) is 9.43. The van der Waals surface area contributed by atoms with Gasteiger partial charge in [-0.1, -0.05) is 15.9 Å². The van der Waals surface area contributed by atoms with E-state index in [-0.39, 0.29) is 34.3 Å². The Hall–Kier alpha value is -3.97. The third-order valence-corrected chi connectivity index (χ3v) is 6.33. The van der Waals surface area contributed by atoms with Crippen molar-refractivity contribution in [3.05, 3.63) is 86.4 Å². The van der Waals surface area contributed by atoms with E-state index in [4.69, 9.17) is 13.7 Å². The number of carbonyl (C=O) groups excluding carboxylic acids is 1. The Kier molecular flexibility index (Phi) is 8.61. The molecule has 188 valence electrons. The summed E-state index contributed by atoms with van der Waals surface area (Å²) in [5.41, 5.74) is 2.91. The van der Waals surface area contributed by atoms with Gasteiger partial charge in [-0.3, -0.25) is 14.9 Å². The molecule has 0 aliphatic rings. The van der Waals surface area contributed by atoms with Crippen molar-refractivity contribution in [2.75, 3.05) is 13.7 Å². The van der Waals surface area contributed by atoms with Crippen molar-refractivity contribution in [2.45, 2.75) is 11.8 Å². The minimum Gasteiger partial charge on any atom is -0.496 e. The quantitative estimate of drug-likeness (QED) is 0.162. The molecule has 0 heterocycles. The van der Waals surface area contributed by atoms with Crippen LogP contribution >= 0.6 is 15.9 Å². The van der Waals surface area contributed by atoms with Gasteiger partial charge in [0.1, 0.15) is 10.6 Å². The highest BCUT2D eigenvalue weighted by Crippen LogP contribution is 2.31. The van der Waals surface area contributed by atoms with Gasteiger partial charge in [-0.25, -0.2) is 5.43 Å². The van der Waals surface area contributed by atoms with Crippen molar-refractivity contribution in [1.29, 1.82) is 0 Å². The van der Waals surface area contributed by atoms with E-state index in [0.29, 0.717) is 15.8 Å². The molecule has 3 aromatic carbocycles. The van der Waals surface area contributed by atoms with Gasteiger partial charge in [-0.05, 0) is 61.0 Å². The lowest BCUT2D eigenvalue weighted by molar-refractivity contribution is -0.384.